The number of halogens is 2. The molecule has 3 heteroatoms. The fourth-order valence-electron chi connectivity index (χ4n) is 2.12. The fraction of sp³-hybridized carbons (Fsp3) is 0.250. The Morgan fingerprint density at radius 1 is 1.05 bits per heavy atom. The molecule has 0 heterocycles. The van der Waals surface area contributed by atoms with Crippen molar-refractivity contribution in [2.24, 2.45) is 5.73 Å². The quantitative estimate of drug-likeness (QED) is 0.890. The molecule has 1 nitrogen and oxygen atoms in total. The molecule has 0 saturated heterocycles. The van der Waals surface area contributed by atoms with E-state index in [-0.39, 0.29) is 6.42 Å². The van der Waals surface area contributed by atoms with Crippen molar-refractivity contribution in [3.63, 3.8) is 0 Å². The molecular weight excluding hydrogens is 244 g/mol. The molecule has 0 bridgehead atoms. The molecule has 19 heavy (non-hydrogen) atoms. The molecule has 0 saturated carbocycles. The summed E-state index contributed by atoms with van der Waals surface area (Å²) >= 11 is 0. The first-order valence-electron chi connectivity index (χ1n) is 6.25. The SMILES string of the molecule is Cc1ccccc1-c1cccc(CC(F)(F)CN)c1. The first kappa shape index (κ1) is 13.7. The third-order valence-corrected chi connectivity index (χ3v) is 3.14. The van der Waals surface area contributed by atoms with E-state index in [1.54, 1.807) is 6.07 Å². The Kier molecular flexibility index (Phi) is 3.96. The molecule has 100 valence electrons. The summed E-state index contributed by atoms with van der Waals surface area (Å²) in [7, 11) is 0. The minimum atomic E-state index is -2.84. The lowest BCUT2D eigenvalue weighted by Crippen LogP contribution is -2.30. The average molecular weight is 261 g/mol. The van der Waals surface area contributed by atoms with E-state index in [0.29, 0.717) is 5.56 Å². The first-order chi connectivity index (χ1) is 9.02. The maximum absolute atomic E-state index is 13.3. The van der Waals surface area contributed by atoms with Crippen LogP contribution in [0.25, 0.3) is 11.1 Å². The molecule has 0 atom stereocenters. The molecule has 0 radical (unpaired) electrons. The molecule has 0 fully saturated rings. The van der Waals surface area contributed by atoms with Crippen LogP contribution in [0.4, 0.5) is 8.78 Å². The van der Waals surface area contributed by atoms with Crippen LogP contribution in [0.1, 0.15) is 11.1 Å². The van der Waals surface area contributed by atoms with Gasteiger partial charge in [0.2, 0.25) is 0 Å². The zero-order valence-electron chi connectivity index (χ0n) is 10.9. The van der Waals surface area contributed by atoms with Crippen molar-refractivity contribution in [2.45, 2.75) is 19.3 Å². The molecule has 2 rings (SSSR count). The van der Waals surface area contributed by atoms with E-state index in [1.807, 2.05) is 49.4 Å². The van der Waals surface area contributed by atoms with Crippen LogP contribution < -0.4 is 5.73 Å². The first-order valence-corrected chi connectivity index (χ1v) is 6.25. The minimum Gasteiger partial charge on any atom is -0.325 e. The number of rotatable bonds is 4. The summed E-state index contributed by atoms with van der Waals surface area (Å²) in [5, 5.41) is 0. The molecule has 2 N–H and O–H groups in total. The highest BCUT2D eigenvalue weighted by atomic mass is 19.3. The summed E-state index contributed by atoms with van der Waals surface area (Å²) in [5.41, 5.74) is 8.85. The van der Waals surface area contributed by atoms with Crippen LogP contribution in [0, 0.1) is 6.92 Å². The fourth-order valence-corrected chi connectivity index (χ4v) is 2.12. The van der Waals surface area contributed by atoms with Gasteiger partial charge in [-0.3, -0.25) is 0 Å². The zero-order chi connectivity index (χ0) is 13.9. The number of hydrogen-bond acceptors (Lipinski definition) is 1. The smallest absolute Gasteiger partial charge is 0.264 e. The molecule has 0 aliphatic rings. The largest absolute Gasteiger partial charge is 0.325 e. The second kappa shape index (κ2) is 5.49. The Bertz CT molecular complexity index is 564. The molecule has 0 spiro atoms. The molecule has 0 unspecified atom stereocenters. The molecule has 0 aromatic heterocycles. The van der Waals surface area contributed by atoms with Crippen LogP contribution in [-0.4, -0.2) is 12.5 Å². The maximum atomic E-state index is 13.3. The monoisotopic (exact) mass is 261 g/mol. The van der Waals surface area contributed by atoms with E-state index in [4.69, 9.17) is 5.73 Å². The van der Waals surface area contributed by atoms with Gasteiger partial charge in [0, 0.05) is 6.42 Å². The third-order valence-electron chi connectivity index (χ3n) is 3.14. The van der Waals surface area contributed by atoms with E-state index in [1.165, 1.54) is 0 Å². The summed E-state index contributed by atoms with van der Waals surface area (Å²) in [6.07, 6.45) is -0.316. The molecular formula is C16H17F2N. The van der Waals surface area contributed by atoms with Crippen LogP contribution in [0.5, 0.6) is 0 Å². The third kappa shape index (κ3) is 3.38. The second-order valence-electron chi connectivity index (χ2n) is 4.75. The van der Waals surface area contributed by atoms with Crippen molar-refractivity contribution >= 4 is 0 Å². The highest BCUT2D eigenvalue weighted by Gasteiger charge is 2.26. The second-order valence-corrected chi connectivity index (χ2v) is 4.75. The molecule has 0 aliphatic heterocycles. The van der Waals surface area contributed by atoms with E-state index < -0.39 is 12.5 Å². The summed E-state index contributed by atoms with van der Waals surface area (Å²) in [6.45, 7) is 1.39. The summed E-state index contributed by atoms with van der Waals surface area (Å²) in [5.74, 6) is -2.84. The van der Waals surface area contributed by atoms with Gasteiger partial charge in [0.25, 0.3) is 5.92 Å². The van der Waals surface area contributed by atoms with Gasteiger partial charge in [0.1, 0.15) is 0 Å². The van der Waals surface area contributed by atoms with Crippen molar-refractivity contribution in [2.75, 3.05) is 6.54 Å². The summed E-state index contributed by atoms with van der Waals surface area (Å²) < 4.78 is 26.7. The standard InChI is InChI=1S/C16H17F2N/c1-12-5-2-3-8-15(12)14-7-4-6-13(9-14)10-16(17,18)11-19/h2-9H,10-11,19H2,1H3. The maximum Gasteiger partial charge on any atom is 0.264 e. The number of hydrogen-bond donors (Lipinski definition) is 1. The van der Waals surface area contributed by atoms with Gasteiger partial charge in [-0.1, -0.05) is 48.5 Å². The van der Waals surface area contributed by atoms with Gasteiger partial charge >= 0.3 is 0 Å². The van der Waals surface area contributed by atoms with Crippen molar-refractivity contribution in [3.8, 4) is 11.1 Å². The van der Waals surface area contributed by atoms with Gasteiger partial charge in [0.15, 0.2) is 0 Å². The van der Waals surface area contributed by atoms with Gasteiger partial charge in [-0.2, -0.15) is 0 Å². The van der Waals surface area contributed by atoms with Crippen LogP contribution in [0.2, 0.25) is 0 Å². The van der Waals surface area contributed by atoms with Crippen molar-refractivity contribution in [1.82, 2.24) is 0 Å². The molecule has 2 aromatic carbocycles. The van der Waals surface area contributed by atoms with E-state index >= 15 is 0 Å². The molecule has 2 aromatic rings. The Morgan fingerprint density at radius 2 is 1.79 bits per heavy atom. The summed E-state index contributed by atoms with van der Waals surface area (Å²) in [4.78, 5) is 0. The van der Waals surface area contributed by atoms with Gasteiger partial charge in [-0.25, -0.2) is 8.78 Å². The Balaban J connectivity index is 2.33. The Morgan fingerprint density at radius 3 is 2.47 bits per heavy atom. The predicted octanol–water partition coefficient (Wildman–Crippen LogP) is 3.80. The number of benzene rings is 2. The highest BCUT2D eigenvalue weighted by Crippen LogP contribution is 2.26. The average Bonchev–Trinajstić information content (AvgIpc) is 2.39. The number of alkyl halides is 2. The van der Waals surface area contributed by atoms with Crippen LogP contribution >= 0.6 is 0 Å². The topological polar surface area (TPSA) is 26.0 Å². The van der Waals surface area contributed by atoms with Crippen LogP contribution in [0.15, 0.2) is 48.5 Å². The van der Waals surface area contributed by atoms with Crippen LogP contribution in [-0.2, 0) is 6.42 Å². The lowest BCUT2D eigenvalue weighted by atomic mass is 9.97. The zero-order valence-corrected chi connectivity index (χ0v) is 10.9. The van der Waals surface area contributed by atoms with E-state index in [2.05, 4.69) is 0 Å². The van der Waals surface area contributed by atoms with E-state index in [9.17, 15) is 8.78 Å². The predicted molar refractivity (Wildman–Crippen MR) is 74.3 cm³/mol. The van der Waals surface area contributed by atoms with Crippen LogP contribution in [0.3, 0.4) is 0 Å². The van der Waals surface area contributed by atoms with Gasteiger partial charge < -0.3 is 5.73 Å². The van der Waals surface area contributed by atoms with E-state index in [0.717, 1.165) is 16.7 Å². The normalized spacial score (nSPS) is 11.6. The van der Waals surface area contributed by atoms with Crippen molar-refractivity contribution < 1.29 is 8.78 Å². The van der Waals surface area contributed by atoms with Crippen molar-refractivity contribution in [1.29, 1.82) is 0 Å². The minimum absolute atomic E-state index is 0.316. The lowest BCUT2D eigenvalue weighted by Gasteiger charge is -2.14. The summed E-state index contributed by atoms with van der Waals surface area (Å²) in [6, 6.07) is 15.2. The Labute approximate surface area is 112 Å². The Hall–Kier alpha value is -1.74. The van der Waals surface area contributed by atoms with Gasteiger partial charge in [-0.15, -0.1) is 0 Å². The molecule has 0 amide bonds. The van der Waals surface area contributed by atoms with Gasteiger partial charge in [0.05, 0.1) is 6.54 Å². The highest BCUT2D eigenvalue weighted by molar-refractivity contribution is 5.67. The lowest BCUT2D eigenvalue weighted by molar-refractivity contribution is 0.0115. The number of aryl methyl sites for hydroxylation is 1. The van der Waals surface area contributed by atoms with Gasteiger partial charge in [-0.05, 0) is 29.2 Å². The number of nitrogens with two attached hydrogens (primary N) is 1. The molecule has 0 aliphatic carbocycles. The van der Waals surface area contributed by atoms with Crippen molar-refractivity contribution in [3.05, 3.63) is 59.7 Å².